The molecule has 0 bridgehead atoms. The highest BCUT2D eigenvalue weighted by Gasteiger charge is 2.02. The van der Waals surface area contributed by atoms with E-state index in [9.17, 15) is 5.11 Å². The van der Waals surface area contributed by atoms with E-state index in [4.69, 9.17) is 0 Å². The summed E-state index contributed by atoms with van der Waals surface area (Å²) in [6.07, 6.45) is 16.6. The van der Waals surface area contributed by atoms with E-state index in [0.29, 0.717) is 0 Å². The third-order valence-corrected chi connectivity index (χ3v) is 3.53. The topological polar surface area (TPSA) is 20.2 Å². The summed E-state index contributed by atoms with van der Waals surface area (Å²) in [4.78, 5) is 0. The van der Waals surface area contributed by atoms with Gasteiger partial charge in [0.2, 0.25) is 0 Å². The SMILES string of the molecule is CCCCCCCCCC[C@H](O)CCCCC. The molecule has 0 aliphatic heterocycles. The fraction of sp³-hybridized carbons (Fsp3) is 1.00. The normalized spacial score (nSPS) is 12.9. The first-order valence-corrected chi connectivity index (χ1v) is 7.99. The third kappa shape index (κ3) is 13.9. The Morgan fingerprint density at radius 1 is 0.588 bits per heavy atom. The molecule has 1 atom stereocenters. The van der Waals surface area contributed by atoms with Crippen molar-refractivity contribution in [1.29, 1.82) is 0 Å². The molecule has 1 heteroatoms. The average molecular weight is 242 g/mol. The lowest BCUT2D eigenvalue weighted by Crippen LogP contribution is -2.05. The molecule has 0 fully saturated rings. The molecule has 0 aromatic carbocycles. The maximum Gasteiger partial charge on any atom is 0.0540 e. The lowest BCUT2D eigenvalue weighted by atomic mass is 10.0. The van der Waals surface area contributed by atoms with E-state index < -0.39 is 0 Å². The maximum absolute atomic E-state index is 9.75. The molecule has 0 aromatic heterocycles. The van der Waals surface area contributed by atoms with E-state index >= 15 is 0 Å². The maximum atomic E-state index is 9.75. The Labute approximate surface area is 109 Å². The minimum atomic E-state index is -0.0263. The van der Waals surface area contributed by atoms with Crippen LogP contribution in [0.1, 0.15) is 97.3 Å². The van der Waals surface area contributed by atoms with Crippen LogP contribution in [0.3, 0.4) is 0 Å². The highest BCUT2D eigenvalue weighted by atomic mass is 16.3. The van der Waals surface area contributed by atoms with Crippen molar-refractivity contribution < 1.29 is 5.11 Å². The molecule has 0 saturated carbocycles. The van der Waals surface area contributed by atoms with Crippen molar-refractivity contribution in [3.05, 3.63) is 0 Å². The first-order valence-electron chi connectivity index (χ1n) is 7.99. The zero-order valence-corrected chi connectivity index (χ0v) is 12.2. The van der Waals surface area contributed by atoms with Gasteiger partial charge in [-0.15, -0.1) is 0 Å². The zero-order chi connectivity index (χ0) is 12.8. The van der Waals surface area contributed by atoms with Gasteiger partial charge in [-0.25, -0.2) is 0 Å². The predicted molar refractivity (Wildman–Crippen MR) is 77.4 cm³/mol. The summed E-state index contributed by atoms with van der Waals surface area (Å²) in [5.41, 5.74) is 0. The molecule has 0 amide bonds. The van der Waals surface area contributed by atoms with Crippen LogP contribution in [-0.4, -0.2) is 11.2 Å². The second kappa shape index (κ2) is 14.0. The van der Waals surface area contributed by atoms with Crippen molar-refractivity contribution in [2.75, 3.05) is 0 Å². The van der Waals surface area contributed by atoms with Gasteiger partial charge < -0.3 is 5.11 Å². The molecule has 0 rings (SSSR count). The standard InChI is InChI=1S/C16H34O/c1-3-5-7-8-9-10-11-13-15-16(17)14-12-6-4-2/h16-17H,3-15H2,1-2H3/t16-/m1/s1. The lowest BCUT2D eigenvalue weighted by molar-refractivity contribution is 0.147. The fourth-order valence-corrected chi connectivity index (χ4v) is 2.29. The van der Waals surface area contributed by atoms with Crippen molar-refractivity contribution in [3.8, 4) is 0 Å². The number of hydrogen-bond acceptors (Lipinski definition) is 1. The minimum Gasteiger partial charge on any atom is -0.393 e. The number of unbranched alkanes of at least 4 members (excludes halogenated alkanes) is 9. The Balaban J connectivity index is 3.05. The van der Waals surface area contributed by atoms with Crippen LogP contribution in [0.15, 0.2) is 0 Å². The summed E-state index contributed by atoms with van der Waals surface area (Å²) in [5, 5.41) is 9.75. The Morgan fingerprint density at radius 3 is 1.47 bits per heavy atom. The van der Waals surface area contributed by atoms with Gasteiger partial charge in [0, 0.05) is 0 Å². The molecule has 104 valence electrons. The van der Waals surface area contributed by atoms with E-state index in [1.807, 2.05) is 0 Å². The van der Waals surface area contributed by atoms with Crippen LogP contribution in [0.4, 0.5) is 0 Å². The second-order valence-corrected chi connectivity index (χ2v) is 5.41. The number of rotatable bonds is 13. The van der Waals surface area contributed by atoms with Crippen molar-refractivity contribution in [2.24, 2.45) is 0 Å². The number of aliphatic hydroxyl groups excluding tert-OH is 1. The molecule has 0 unspecified atom stereocenters. The van der Waals surface area contributed by atoms with Gasteiger partial charge in [0.1, 0.15) is 0 Å². The molecule has 0 aliphatic rings. The third-order valence-electron chi connectivity index (χ3n) is 3.53. The van der Waals surface area contributed by atoms with Crippen LogP contribution in [-0.2, 0) is 0 Å². The van der Waals surface area contributed by atoms with Crippen LogP contribution in [0.2, 0.25) is 0 Å². The monoisotopic (exact) mass is 242 g/mol. The first-order chi connectivity index (χ1) is 8.31. The highest BCUT2D eigenvalue weighted by Crippen LogP contribution is 2.13. The molecule has 0 aromatic rings. The first kappa shape index (κ1) is 17.0. The molecular formula is C16H34O. The van der Waals surface area contributed by atoms with Gasteiger partial charge in [-0.3, -0.25) is 0 Å². The van der Waals surface area contributed by atoms with Crippen molar-refractivity contribution in [1.82, 2.24) is 0 Å². The Kier molecular flexibility index (Phi) is 14.0. The summed E-state index contributed by atoms with van der Waals surface area (Å²) in [7, 11) is 0. The summed E-state index contributed by atoms with van der Waals surface area (Å²) in [5.74, 6) is 0. The van der Waals surface area contributed by atoms with E-state index in [1.165, 1.54) is 70.6 Å². The number of hydrogen-bond donors (Lipinski definition) is 1. The van der Waals surface area contributed by atoms with Gasteiger partial charge in [-0.05, 0) is 12.8 Å². The molecule has 1 N–H and O–H groups in total. The van der Waals surface area contributed by atoms with Crippen LogP contribution in [0.5, 0.6) is 0 Å². The van der Waals surface area contributed by atoms with E-state index in [2.05, 4.69) is 13.8 Å². The van der Waals surface area contributed by atoms with E-state index in [0.717, 1.165) is 12.8 Å². The fourth-order valence-electron chi connectivity index (χ4n) is 2.29. The molecule has 1 nitrogen and oxygen atoms in total. The van der Waals surface area contributed by atoms with Crippen LogP contribution in [0, 0.1) is 0 Å². The smallest absolute Gasteiger partial charge is 0.0540 e. The number of aliphatic hydroxyl groups is 1. The van der Waals surface area contributed by atoms with Crippen LogP contribution >= 0.6 is 0 Å². The summed E-state index contributed by atoms with van der Waals surface area (Å²) >= 11 is 0. The Bertz CT molecular complexity index is 133. The molecule has 0 aliphatic carbocycles. The van der Waals surface area contributed by atoms with Crippen molar-refractivity contribution in [3.63, 3.8) is 0 Å². The highest BCUT2D eigenvalue weighted by molar-refractivity contribution is 4.56. The van der Waals surface area contributed by atoms with Gasteiger partial charge in [-0.2, -0.15) is 0 Å². The summed E-state index contributed by atoms with van der Waals surface area (Å²) in [6.45, 7) is 4.48. The minimum absolute atomic E-state index is 0.0263. The molecule has 0 spiro atoms. The molecule has 0 heterocycles. The summed E-state index contributed by atoms with van der Waals surface area (Å²) < 4.78 is 0. The van der Waals surface area contributed by atoms with Crippen LogP contribution in [0.25, 0.3) is 0 Å². The van der Waals surface area contributed by atoms with Crippen molar-refractivity contribution in [2.45, 2.75) is 103 Å². The van der Waals surface area contributed by atoms with Gasteiger partial charge in [0.25, 0.3) is 0 Å². The van der Waals surface area contributed by atoms with E-state index in [-0.39, 0.29) is 6.10 Å². The zero-order valence-electron chi connectivity index (χ0n) is 12.2. The second-order valence-electron chi connectivity index (χ2n) is 5.41. The van der Waals surface area contributed by atoms with Gasteiger partial charge in [-0.1, -0.05) is 84.5 Å². The molecule has 0 saturated heterocycles. The average Bonchev–Trinajstić information content (AvgIpc) is 2.33. The lowest BCUT2D eigenvalue weighted by Gasteiger charge is -2.09. The Morgan fingerprint density at radius 2 is 0.941 bits per heavy atom. The van der Waals surface area contributed by atoms with Gasteiger partial charge in [0.15, 0.2) is 0 Å². The Hall–Kier alpha value is -0.0400. The molecule has 0 radical (unpaired) electrons. The van der Waals surface area contributed by atoms with Crippen molar-refractivity contribution >= 4 is 0 Å². The molecule has 17 heavy (non-hydrogen) atoms. The van der Waals surface area contributed by atoms with Crippen LogP contribution < -0.4 is 0 Å². The predicted octanol–water partition coefficient (Wildman–Crippen LogP) is 5.46. The van der Waals surface area contributed by atoms with Gasteiger partial charge >= 0.3 is 0 Å². The molecular weight excluding hydrogens is 208 g/mol. The van der Waals surface area contributed by atoms with E-state index in [1.54, 1.807) is 0 Å². The summed E-state index contributed by atoms with van der Waals surface area (Å²) in [6, 6.07) is 0. The van der Waals surface area contributed by atoms with Gasteiger partial charge in [0.05, 0.1) is 6.10 Å². The quantitative estimate of drug-likeness (QED) is 0.425. The largest absolute Gasteiger partial charge is 0.393 e.